The van der Waals surface area contributed by atoms with E-state index in [1.165, 1.54) is 12.1 Å². The lowest BCUT2D eigenvalue weighted by Gasteiger charge is -2.12. The predicted molar refractivity (Wildman–Crippen MR) is 77.8 cm³/mol. The topological polar surface area (TPSA) is 49.3 Å². The van der Waals surface area contributed by atoms with E-state index in [0.717, 1.165) is 0 Å². The highest BCUT2D eigenvalue weighted by atomic mass is 79.9. The molecule has 2 aromatic carbocycles. The van der Waals surface area contributed by atoms with Crippen LogP contribution in [0.4, 0.5) is 4.39 Å². The van der Waals surface area contributed by atoms with Crippen LogP contribution in [0.3, 0.4) is 0 Å². The first kappa shape index (κ1) is 14.7. The van der Waals surface area contributed by atoms with E-state index in [1.54, 1.807) is 30.3 Å². The first-order chi connectivity index (χ1) is 9.59. The largest absolute Gasteiger partial charge is 0.387 e. The lowest BCUT2D eigenvalue weighted by atomic mass is 10.1. The van der Waals surface area contributed by atoms with Crippen molar-refractivity contribution in [3.05, 3.63) is 69.9 Å². The Hall–Kier alpha value is -1.72. The highest BCUT2D eigenvalue weighted by Gasteiger charge is 2.15. The Morgan fingerprint density at radius 1 is 1.20 bits per heavy atom. The normalized spacial score (nSPS) is 11.9. The van der Waals surface area contributed by atoms with Gasteiger partial charge in [0.2, 0.25) is 0 Å². The molecule has 0 fully saturated rings. The molecule has 0 heterocycles. The molecule has 0 saturated carbocycles. The maximum absolute atomic E-state index is 13.7. The molecule has 0 aliphatic rings. The van der Waals surface area contributed by atoms with Gasteiger partial charge in [-0.3, -0.25) is 4.79 Å². The van der Waals surface area contributed by atoms with E-state index in [9.17, 15) is 14.3 Å². The Balaban J connectivity index is 2.01. The van der Waals surface area contributed by atoms with Gasteiger partial charge in [-0.05, 0) is 33.6 Å². The number of aliphatic hydroxyl groups is 1. The van der Waals surface area contributed by atoms with E-state index in [-0.39, 0.29) is 16.6 Å². The predicted octanol–water partition coefficient (Wildman–Crippen LogP) is 3.05. The molecule has 1 amide bonds. The Morgan fingerprint density at radius 2 is 1.90 bits per heavy atom. The van der Waals surface area contributed by atoms with Crippen molar-refractivity contribution in [3.63, 3.8) is 0 Å². The van der Waals surface area contributed by atoms with Gasteiger partial charge in [0.25, 0.3) is 5.91 Å². The number of halogens is 2. The van der Waals surface area contributed by atoms with E-state index >= 15 is 0 Å². The number of aliphatic hydroxyl groups excluding tert-OH is 1. The van der Waals surface area contributed by atoms with Gasteiger partial charge in [-0.2, -0.15) is 0 Å². The molecule has 2 N–H and O–H groups in total. The smallest absolute Gasteiger partial charge is 0.254 e. The molecule has 20 heavy (non-hydrogen) atoms. The minimum Gasteiger partial charge on any atom is -0.387 e. The van der Waals surface area contributed by atoms with Crippen LogP contribution in [-0.4, -0.2) is 17.6 Å². The van der Waals surface area contributed by atoms with Crippen LogP contribution < -0.4 is 5.32 Å². The fraction of sp³-hybridized carbons (Fsp3) is 0.133. The van der Waals surface area contributed by atoms with Crippen molar-refractivity contribution in [1.82, 2.24) is 5.32 Å². The van der Waals surface area contributed by atoms with Gasteiger partial charge in [-0.25, -0.2) is 4.39 Å². The number of hydrogen-bond donors (Lipinski definition) is 2. The van der Waals surface area contributed by atoms with Gasteiger partial charge in [-0.15, -0.1) is 0 Å². The summed E-state index contributed by atoms with van der Waals surface area (Å²) in [5.41, 5.74) is 0.641. The van der Waals surface area contributed by atoms with E-state index in [2.05, 4.69) is 21.2 Å². The Bertz CT molecular complexity index is 604. The standard InChI is InChI=1S/C15H13BrFNO2/c16-12-8-4-7-11(14(12)17)15(20)18-9-13(19)10-5-2-1-3-6-10/h1-8,13,19H,9H2,(H,18,20). The number of nitrogens with one attached hydrogen (secondary N) is 1. The highest BCUT2D eigenvalue weighted by molar-refractivity contribution is 9.10. The zero-order valence-corrected chi connectivity index (χ0v) is 12.1. The molecular weight excluding hydrogens is 325 g/mol. The second-order valence-electron chi connectivity index (χ2n) is 4.24. The summed E-state index contributed by atoms with van der Waals surface area (Å²) in [6.07, 6.45) is -0.824. The van der Waals surface area contributed by atoms with Crippen LogP contribution in [0.1, 0.15) is 22.0 Å². The van der Waals surface area contributed by atoms with Crippen LogP contribution in [0.2, 0.25) is 0 Å². The van der Waals surface area contributed by atoms with Crippen LogP contribution in [0, 0.1) is 5.82 Å². The summed E-state index contributed by atoms with van der Waals surface area (Å²) in [6.45, 7) is 0.0226. The van der Waals surface area contributed by atoms with Crippen LogP contribution >= 0.6 is 15.9 Å². The quantitative estimate of drug-likeness (QED) is 0.900. The molecule has 0 radical (unpaired) electrons. The lowest BCUT2D eigenvalue weighted by molar-refractivity contribution is 0.0912. The van der Waals surface area contributed by atoms with Crippen molar-refractivity contribution in [1.29, 1.82) is 0 Å². The minimum absolute atomic E-state index is 0.0226. The van der Waals surface area contributed by atoms with Gasteiger partial charge in [0.05, 0.1) is 16.1 Å². The Kier molecular flexibility index (Phi) is 4.87. The molecule has 2 rings (SSSR count). The summed E-state index contributed by atoms with van der Waals surface area (Å²) in [5, 5.41) is 12.4. The highest BCUT2D eigenvalue weighted by Crippen LogP contribution is 2.18. The summed E-state index contributed by atoms with van der Waals surface area (Å²) in [5.74, 6) is -1.17. The summed E-state index contributed by atoms with van der Waals surface area (Å²) in [7, 11) is 0. The zero-order chi connectivity index (χ0) is 14.5. The van der Waals surface area contributed by atoms with Crippen LogP contribution in [0.25, 0.3) is 0 Å². The number of amides is 1. The molecule has 104 valence electrons. The molecule has 0 bridgehead atoms. The Labute approximate surface area is 124 Å². The average Bonchev–Trinajstić information content (AvgIpc) is 2.48. The van der Waals surface area contributed by atoms with Gasteiger partial charge >= 0.3 is 0 Å². The first-order valence-corrected chi connectivity index (χ1v) is 6.84. The van der Waals surface area contributed by atoms with E-state index in [1.807, 2.05) is 6.07 Å². The van der Waals surface area contributed by atoms with E-state index < -0.39 is 17.8 Å². The van der Waals surface area contributed by atoms with Crippen LogP contribution in [-0.2, 0) is 0 Å². The fourth-order valence-electron chi connectivity index (χ4n) is 1.76. The van der Waals surface area contributed by atoms with E-state index in [0.29, 0.717) is 5.56 Å². The summed E-state index contributed by atoms with van der Waals surface area (Å²) in [4.78, 5) is 11.9. The minimum atomic E-state index is -0.824. The fourth-order valence-corrected chi connectivity index (χ4v) is 2.12. The molecule has 1 atom stereocenters. The summed E-state index contributed by atoms with van der Waals surface area (Å²) < 4.78 is 14.0. The second-order valence-corrected chi connectivity index (χ2v) is 5.09. The Morgan fingerprint density at radius 3 is 2.60 bits per heavy atom. The van der Waals surface area contributed by atoms with Gasteiger partial charge in [0.15, 0.2) is 0 Å². The molecular formula is C15H13BrFNO2. The van der Waals surface area contributed by atoms with Crippen molar-refractivity contribution < 1.29 is 14.3 Å². The lowest BCUT2D eigenvalue weighted by Crippen LogP contribution is -2.29. The molecule has 0 spiro atoms. The van der Waals surface area contributed by atoms with Gasteiger partial charge in [0, 0.05) is 6.54 Å². The number of rotatable bonds is 4. The maximum Gasteiger partial charge on any atom is 0.254 e. The molecule has 5 heteroatoms. The molecule has 2 aromatic rings. The number of hydrogen-bond acceptors (Lipinski definition) is 2. The maximum atomic E-state index is 13.7. The number of carbonyl (C=O) groups excluding carboxylic acids is 1. The van der Waals surface area contributed by atoms with Crippen LogP contribution in [0.5, 0.6) is 0 Å². The van der Waals surface area contributed by atoms with Gasteiger partial charge in [-0.1, -0.05) is 36.4 Å². The van der Waals surface area contributed by atoms with E-state index in [4.69, 9.17) is 0 Å². The summed E-state index contributed by atoms with van der Waals surface area (Å²) >= 11 is 3.03. The van der Waals surface area contributed by atoms with Crippen molar-refractivity contribution in [3.8, 4) is 0 Å². The van der Waals surface area contributed by atoms with Crippen molar-refractivity contribution in [2.75, 3.05) is 6.54 Å². The molecule has 0 aromatic heterocycles. The second kappa shape index (κ2) is 6.63. The SMILES string of the molecule is O=C(NCC(O)c1ccccc1)c1cccc(Br)c1F. The molecule has 3 nitrogen and oxygen atoms in total. The molecule has 0 aliphatic carbocycles. The zero-order valence-electron chi connectivity index (χ0n) is 10.5. The number of carbonyl (C=O) groups is 1. The molecule has 0 aliphatic heterocycles. The van der Waals surface area contributed by atoms with Crippen LogP contribution in [0.15, 0.2) is 53.0 Å². The third-order valence-corrected chi connectivity index (χ3v) is 3.45. The molecule has 1 unspecified atom stereocenters. The van der Waals surface area contributed by atoms with Crippen molar-refractivity contribution >= 4 is 21.8 Å². The van der Waals surface area contributed by atoms with Crippen molar-refractivity contribution in [2.45, 2.75) is 6.10 Å². The third-order valence-electron chi connectivity index (χ3n) is 2.84. The van der Waals surface area contributed by atoms with Gasteiger partial charge in [0.1, 0.15) is 5.82 Å². The van der Waals surface area contributed by atoms with Crippen molar-refractivity contribution in [2.24, 2.45) is 0 Å². The third kappa shape index (κ3) is 3.43. The number of benzene rings is 2. The monoisotopic (exact) mass is 337 g/mol. The first-order valence-electron chi connectivity index (χ1n) is 6.05. The van der Waals surface area contributed by atoms with Gasteiger partial charge < -0.3 is 10.4 Å². The average molecular weight is 338 g/mol. The summed E-state index contributed by atoms with van der Waals surface area (Å²) in [6, 6.07) is 13.5. The molecule has 0 saturated heterocycles.